The fourth-order valence-corrected chi connectivity index (χ4v) is 2.81. The van der Waals surface area contributed by atoms with Gasteiger partial charge in [-0.05, 0) is 52.9 Å². The smallest absolute Gasteiger partial charge is 0.335 e. The van der Waals surface area contributed by atoms with Crippen molar-refractivity contribution in [2.24, 2.45) is 5.92 Å². The molecule has 1 saturated carbocycles. The van der Waals surface area contributed by atoms with Crippen molar-refractivity contribution in [2.45, 2.75) is 32.1 Å². The zero-order chi connectivity index (χ0) is 13.0. The van der Waals surface area contributed by atoms with Gasteiger partial charge in [-0.1, -0.05) is 19.3 Å². The van der Waals surface area contributed by atoms with Crippen molar-refractivity contribution >= 4 is 21.9 Å². The van der Waals surface area contributed by atoms with Gasteiger partial charge in [-0.25, -0.2) is 4.79 Å². The van der Waals surface area contributed by atoms with Gasteiger partial charge >= 0.3 is 5.97 Å². The minimum absolute atomic E-state index is 0.270. The molecule has 18 heavy (non-hydrogen) atoms. The lowest BCUT2D eigenvalue weighted by molar-refractivity contribution is 0.0696. The second kappa shape index (κ2) is 6.23. The van der Waals surface area contributed by atoms with Crippen molar-refractivity contribution in [3.63, 3.8) is 0 Å². The summed E-state index contributed by atoms with van der Waals surface area (Å²) in [4.78, 5) is 10.8. The molecule has 0 amide bonds. The Bertz CT molecular complexity index is 425. The zero-order valence-electron chi connectivity index (χ0n) is 10.2. The second-order valence-electron chi connectivity index (χ2n) is 4.77. The summed E-state index contributed by atoms with van der Waals surface area (Å²) in [5.41, 5.74) is 0.270. The molecule has 4 heteroatoms. The molecule has 0 radical (unpaired) electrons. The number of hydrogen-bond donors (Lipinski definition) is 1. The number of carboxylic acid groups (broad SMARTS) is 1. The first-order valence-corrected chi connectivity index (χ1v) is 7.12. The fraction of sp³-hybridized carbons (Fsp3) is 0.500. The third-order valence-electron chi connectivity index (χ3n) is 3.38. The van der Waals surface area contributed by atoms with Crippen LogP contribution in [0.4, 0.5) is 0 Å². The summed E-state index contributed by atoms with van der Waals surface area (Å²) in [6, 6.07) is 4.87. The van der Waals surface area contributed by atoms with Gasteiger partial charge in [-0.2, -0.15) is 0 Å². The lowest BCUT2D eigenvalue weighted by atomic mass is 9.90. The highest BCUT2D eigenvalue weighted by molar-refractivity contribution is 9.10. The molecule has 1 aliphatic rings. The summed E-state index contributed by atoms with van der Waals surface area (Å²) in [6.07, 6.45) is 6.42. The van der Waals surface area contributed by atoms with Crippen LogP contribution in [-0.4, -0.2) is 17.7 Å². The van der Waals surface area contributed by atoms with E-state index >= 15 is 0 Å². The van der Waals surface area contributed by atoms with Crippen LogP contribution < -0.4 is 4.74 Å². The van der Waals surface area contributed by atoms with E-state index in [1.165, 1.54) is 32.1 Å². The van der Waals surface area contributed by atoms with Gasteiger partial charge in [-0.15, -0.1) is 0 Å². The van der Waals surface area contributed by atoms with E-state index in [2.05, 4.69) is 15.9 Å². The number of carboxylic acids is 1. The van der Waals surface area contributed by atoms with Crippen LogP contribution in [0.3, 0.4) is 0 Å². The summed E-state index contributed by atoms with van der Waals surface area (Å²) in [7, 11) is 0. The molecule has 0 aliphatic heterocycles. The Morgan fingerprint density at radius 3 is 2.67 bits per heavy atom. The highest BCUT2D eigenvalue weighted by Crippen LogP contribution is 2.29. The number of hydrogen-bond acceptors (Lipinski definition) is 2. The molecule has 0 bridgehead atoms. The minimum Gasteiger partial charge on any atom is -0.492 e. The Hall–Kier alpha value is -1.03. The summed E-state index contributed by atoms with van der Waals surface area (Å²) in [6.45, 7) is 0.727. The van der Waals surface area contributed by atoms with Crippen molar-refractivity contribution in [3.05, 3.63) is 28.2 Å². The van der Waals surface area contributed by atoms with Gasteiger partial charge < -0.3 is 9.84 Å². The molecule has 1 N–H and O–H groups in total. The number of halogens is 1. The maximum Gasteiger partial charge on any atom is 0.335 e. The molecule has 3 nitrogen and oxygen atoms in total. The Kier molecular flexibility index (Phi) is 4.64. The van der Waals surface area contributed by atoms with Crippen LogP contribution >= 0.6 is 15.9 Å². The predicted molar refractivity (Wildman–Crippen MR) is 73.2 cm³/mol. The van der Waals surface area contributed by atoms with Gasteiger partial charge in [0.2, 0.25) is 0 Å². The van der Waals surface area contributed by atoms with E-state index < -0.39 is 5.97 Å². The minimum atomic E-state index is -0.922. The molecule has 0 aromatic heterocycles. The van der Waals surface area contributed by atoms with Crippen molar-refractivity contribution in [1.29, 1.82) is 0 Å². The van der Waals surface area contributed by atoms with Crippen LogP contribution in [0.5, 0.6) is 5.75 Å². The van der Waals surface area contributed by atoms with Gasteiger partial charge in [0.1, 0.15) is 5.75 Å². The SMILES string of the molecule is O=C(O)c1ccc(OCC2CCCCC2)c(Br)c1. The fourth-order valence-electron chi connectivity index (χ4n) is 2.31. The molecule has 2 rings (SSSR count). The highest BCUT2D eigenvalue weighted by atomic mass is 79.9. The summed E-state index contributed by atoms with van der Waals surface area (Å²) in [5.74, 6) is 0.449. The third-order valence-corrected chi connectivity index (χ3v) is 4.00. The average Bonchev–Trinajstić information content (AvgIpc) is 2.38. The van der Waals surface area contributed by atoms with Crippen LogP contribution in [0.2, 0.25) is 0 Å². The van der Waals surface area contributed by atoms with Crippen LogP contribution in [0.15, 0.2) is 22.7 Å². The molecule has 0 unspecified atom stereocenters. The number of aromatic carboxylic acids is 1. The molecule has 0 atom stereocenters. The van der Waals surface area contributed by atoms with E-state index in [0.717, 1.165) is 12.4 Å². The van der Waals surface area contributed by atoms with Gasteiger partial charge in [-0.3, -0.25) is 0 Å². The lowest BCUT2D eigenvalue weighted by Crippen LogP contribution is -2.15. The molecule has 0 saturated heterocycles. The molecule has 1 aliphatic carbocycles. The van der Waals surface area contributed by atoms with E-state index in [4.69, 9.17) is 9.84 Å². The maximum atomic E-state index is 10.8. The quantitative estimate of drug-likeness (QED) is 0.910. The average molecular weight is 313 g/mol. The van der Waals surface area contributed by atoms with E-state index in [0.29, 0.717) is 10.4 Å². The van der Waals surface area contributed by atoms with E-state index in [9.17, 15) is 4.79 Å². The number of ether oxygens (including phenoxy) is 1. The summed E-state index contributed by atoms with van der Waals surface area (Å²) < 4.78 is 6.48. The van der Waals surface area contributed by atoms with E-state index in [-0.39, 0.29) is 5.56 Å². The molecular weight excluding hydrogens is 296 g/mol. The molecular formula is C14H17BrO3. The van der Waals surface area contributed by atoms with Crippen LogP contribution in [-0.2, 0) is 0 Å². The Balaban J connectivity index is 1.94. The first-order valence-electron chi connectivity index (χ1n) is 6.32. The summed E-state index contributed by atoms with van der Waals surface area (Å²) in [5, 5.41) is 8.87. The molecule has 1 fully saturated rings. The zero-order valence-corrected chi connectivity index (χ0v) is 11.8. The standard InChI is InChI=1S/C14H17BrO3/c15-12-8-11(14(16)17)6-7-13(12)18-9-10-4-2-1-3-5-10/h6-8,10H,1-5,9H2,(H,16,17). The van der Waals surface area contributed by atoms with Crippen molar-refractivity contribution < 1.29 is 14.6 Å². The number of rotatable bonds is 4. The molecule has 98 valence electrons. The Labute approximate surface area is 115 Å². The van der Waals surface area contributed by atoms with Crippen molar-refractivity contribution in [1.82, 2.24) is 0 Å². The maximum absolute atomic E-state index is 10.8. The number of carbonyl (C=O) groups is 1. The predicted octanol–water partition coefficient (Wildman–Crippen LogP) is 4.11. The van der Waals surface area contributed by atoms with Gasteiger partial charge in [0.15, 0.2) is 0 Å². The van der Waals surface area contributed by atoms with Crippen LogP contribution in [0.1, 0.15) is 42.5 Å². The van der Waals surface area contributed by atoms with Crippen LogP contribution in [0.25, 0.3) is 0 Å². The first-order chi connectivity index (χ1) is 8.66. The Morgan fingerprint density at radius 1 is 1.33 bits per heavy atom. The summed E-state index contributed by atoms with van der Waals surface area (Å²) >= 11 is 3.35. The first kappa shape index (κ1) is 13.4. The largest absolute Gasteiger partial charge is 0.492 e. The van der Waals surface area contributed by atoms with E-state index in [1.807, 2.05) is 0 Å². The number of benzene rings is 1. The lowest BCUT2D eigenvalue weighted by Gasteiger charge is -2.22. The van der Waals surface area contributed by atoms with Crippen molar-refractivity contribution in [3.8, 4) is 5.75 Å². The molecule has 0 heterocycles. The third kappa shape index (κ3) is 3.48. The van der Waals surface area contributed by atoms with Crippen LogP contribution in [0, 0.1) is 5.92 Å². The molecule has 1 aromatic carbocycles. The normalized spacial score (nSPS) is 16.5. The molecule has 0 spiro atoms. The topological polar surface area (TPSA) is 46.5 Å². The van der Waals surface area contributed by atoms with Gasteiger partial charge in [0.05, 0.1) is 16.6 Å². The van der Waals surface area contributed by atoms with Crippen molar-refractivity contribution in [2.75, 3.05) is 6.61 Å². The second-order valence-corrected chi connectivity index (χ2v) is 5.62. The molecule has 1 aromatic rings. The van der Waals surface area contributed by atoms with Gasteiger partial charge in [0, 0.05) is 0 Å². The van der Waals surface area contributed by atoms with Gasteiger partial charge in [0.25, 0.3) is 0 Å². The monoisotopic (exact) mass is 312 g/mol. The Morgan fingerprint density at radius 2 is 2.06 bits per heavy atom. The van der Waals surface area contributed by atoms with E-state index in [1.54, 1.807) is 18.2 Å². The highest BCUT2D eigenvalue weighted by Gasteiger charge is 2.15.